The molecule has 0 spiro atoms. The summed E-state index contributed by atoms with van der Waals surface area (Å²) in [5, 5.41) is 10.2. The van der Waals surface area contributed by atoms with Crippen LogP contribution in [0.4, 0.5) is 13.2 Å². The minimum absolute atomic E-state index is 0.0416. The molecule has 0 fully saturated rings. The molecule has 21 heavy (non-hydrogen) atoms. The van der Waals surface area contributed by atoms with Gasteiger partial charge in [-0.2, -0.15) is 13.2 Å². The molecule has 0 aromatic heterocycles. The van der Waals surface area contributed by atoms with E-state index in [0.717, 1.165) is 6.92 Å². The van der Waals surface area contributed by atoms with E-state index >= 15 is 0 Å². The van der Waals surface area contributed by atoms with Gasteiger partial charge in [0.2, 0.25) is 0 Å². The molecule has 0 radical (unpaired) electrons. The van der Waals surface area contributed by atoms with Crippen molar-refractivity contribution in [2.75, 3.05) is 0 Å². The first-order valence-corrected chi connectivity index (χ1v) is 7.37. The standard InChI is InChI=1S/C17H25F3O/c1-11(2)9-13-7-6-8-14(10-12(3)4)15(13)16(5,21)17(18,19)20/h6-8,11-12,21H,9-10H2,1-5H3. The van der Waals surface area contributed by atoms with Crippen LogP contribution in [0.25, 0.3) is 0 Å². The van der Waals surface area contributed by atoms with Crippen LogP contribution in [0.2, 0.25) is 0 Å². The second-order valence-electron chi connectivity index (χ2n) is 6.72. The van der Waals surface area contributed by atoms with Crippen LogP contribution in [0, 0.1) is 11.8 Å². The summed E-state index contributed by atoms with van der Waals surface area (Å²) in [7, 11) is 0. The number of rotatable bonds is 5. The Balaban J connectivity index is 3.48. The van der Waals surface area contributed by atoms with E-state index in [1.54, 1.807) is 18.2 Å². The van der Waals surface area contributed by atoms with E-state index < -0.39 is 11.8 Å². The van der Waals surface area contributed by atoms with Crippen LogP contribution >= 0.6 is 0 Å². The minimum atomic E-state index is -4.69. The molecule has 0 aliphatic rings. The molecule has 1 aromatic rings. The molecule has 1 N–H and O–H groups in total. The van der Waals surface area contributed by atoms with Crippen molar-refractivity contribution in [2.45, 2.75) is 59.2 Å². The SMILES string of the molecule is CC(C)Cc1cccc(CC(C)C)c1C(C)(O)C(F)(F)F. The highest BCUT2D eigenvalue weighted by molar-refractivity contribution is 5.41. The highest BCUT2D eigenvalue weighted by Gasteiger charge is 2.52. The summed E-state index contributed by atoms with van der Waals surface area (Å²) in [5.41, 5.74) is -1.60. The Morgan fingerprint density at radius 2 is 1.33 bits per heavy atom. The lowest BCUT2D eigenvalue weighted by Crippen LogP contribution is -2.41. The second kappa shape index (κ2) is 6.39. The van der Waals surface area contributed by atoms with E-state index in [4.69, 9.17) is 0 Å². The highest BCUT2D eigenvalue weighted by atomic mass is 19.4. The predicted molar refractivity (Wildman–Crippen MR) is 79.2 cm³/mol. The summed E-state index contributed by atoms with van der Waals surface area (Å²) in [6, 6.07) is 5.17. The molecule has 120 valence electrons. The van der Waals surface area contributed by atoms with Gasteiger partial charge in [-0.25, -0.2) is 0 Å². The van der Waals surface area contributed by atoms with Gasteiger partial charge in [-0.3, -0.25) is 0 Å². The van der Waals surface area contributed by atoms with Crippen LogP contribution in [0.1, 0.15) is 51.3 Å². The van der Waals surface area contributed by atoms with Gasteiger partial charge in [0.15, 0.2) is 5.60 Å². The number of alkyl halides is 3. The first-order valence-electron chi connectivity index (χ1n) is 7.37. The fourth-order valence-electron chi connectivity index (χ4n) is 2.64. The molecule has 0 heterocycles. The van der Waals surface area contributed by atoms with Gasteiger partial charge >= 0.3 is 6.18 Å². The van der Waals surface area contributed by atoms with Crippen LogP contribution in [-0.4, -0.2) is 11.3 Å². The maximum absolute atomic E-state index is 13.3. The molecule has 0 bridgehead atoms. The molecule has 1 atom stereocenters. The maximum atomic E-state index is 13.3. The van der Waals surface area contributed by atoms with E-state index in [-0.39, 0.29) is 17.4 Å². The molecule has 1 unspecified atom stereocenters. The van der Waals surface area contributed by atoms with Crippen molar-refractivity contribution in [3.05, 3.63) is 34.9 Å². The molecule has 4 heteroatoms. The van der Waals surface area contributed by atoms with Crippen molar-refractivity contribution in [2.24, 2.45) is 11.8 Å². The Bertz CT molecular complexity index is 445. The number of aliphatic hydroxyl groups is 1. The lowest BCUT2D eigenvalue weighted by Gasteiger charge is -2.32. The Kier molecular flexibility index (Phi) is 5.48. The number of benzene rings is 1. The quantitative estimate of drug-likeness (QED) is 0.824. The molecule has 1 rings (SSSR count). The Morgan fingerprint density at radius 1 is 0.952 bits per heavy atom. The van der Waals surface area contributed by atoms with E-state index in [2.05, 4.69) is 0 Å². The lowest BCUT2D eigenvalue weighted by molar-refractivity contribution is -0.259. The van der Waals surface area contributed by atoms with Crippen molar-refractivity contribution < 1.29 is 18.3 Å². The third-order valence-electron chi connectivity index (χ3n) is 3.53. The van der Waals surface area contributed by atoms with Crippen LogP contribution in [0.5, 0.6) is 0 Å². The molecule has 1 aromatic carbocycles. The second-order valence-corrected chi connectivity index (χ2v) is 6.72. The van der Waals surface area contributed by atoms with E-state index in [1.807, 2.05) is 27.7 Å². The normalized spacial score (nSPS) is 15.6. The average molecular weight is 302 g/mol. The smallest absolute Gasteiger partial charge is 0.376 e. The van der Waals surface area contributed by atoms with Gasteiger partial charge in [-0.05, 0) is 48.3 Å². The third-order valence-corrected chi connectivity index (χ3v) is 3.53. The molecule has 0 amide bonds. The molecule has 0 aliphatic carbocycles. The zero-order valence-electron chi connectivity index (χ0n) is 13.4. The van der Waals surface area contributed by atoms with Gasteiger partial charge in [0.05, 0.1) is 0 Å². The van der Waals surface area contributed by atoms with Crippen molar-refractivity contribution in [3.8, 4) is 0 Å². The summed E-state index contributed by atoms with van der Waals surface area (Å²) in [6.45, 7) is 8.70. The fourth-order valence-corrected chi connectivity index (χ4v) is 2.64. The third kappa shape index (κ3) is 4.22. The van der Waals surface area contributed by atoms with Crippen molar-refractivity contribution in [3.63, 3.8) is 0 Å². The van der Waals surface area contributed by atoms with Gasteiger partial charge in [0.25, 0.3) is 0 Å². The first kappa shape index (κ1) is 18.0. The number of hydrogen-bond acceptors (Lipinski definition) is 1. The summed E-state index contributed by atoms with van der Waals surface area (Å²) in [6.07, 6.45) is -3.65. The zero-order chi connectivity index (χ0) is 16.4. The summed E-state index contributed by atoms with van der Waals surface area (Å²) in [5.74, 6) is 0.448. The van der Waals surface area contributed by atoms with Crippen LogP contribution in [-0.2, 0) is 18.4 Å². The first-order chi connectivity index (χ1) is 9.46. The monoisotopic (exact) mass is 302 g/mol. The van der Waals surface area contributed by atoms with Crippen LogP contribution < -0.4 is 0 Å². The van der Waals surface area contributed by atoms with E-state index in [0.29, 0.717) is 24.0 Å². The summed E-state index contributed by atoms with van der Waals surface area (Å²) < 4.78 is 39.9. The van der Waals surface area contributed by atoms with Gasteiger partial charge in [0, 0.05) is 0 Å². The lowest BCUT2D eigenvalue weighted by atomic mass is 9.82. The number of halogens is 3. The molecule has 0 saturated heterocycles. The van der Waals surface area contributed by atoms with Crippen molar-refractivity contribution >= 4 is 0 Å². The Morgan fingerprint density at radius 3 is 1.62 bits per heavy atom. The van der Waals surface area contributed by atoms with Crippen molar-refractivity contribution in [1.29, 1.82) is 0 Å². The highest BCUT2D eigenvalue weighted by Crippen LogP contribution is 2.42. The summed E-state index contributed by atoms with van der Waals surface area (Å²) in [4.78, 5) is 0. The molecular weight excluding hydrogens is 277 g/mol. The average Bonchev–Trinajstić information content (AvgIpc) is 2.25. The van der Waals surface area contributed by atoms with Gasteiger partial charge < -0.3 is 5.11 Å². The van der Waals surface area contributed by atoms with Gasteiger partial charge in [-0.15, -0.1) is 0 Å². The topological polar surface area (TPSA) is 20.2 Å². The number of hydrogen-bond donors (Lipinski definition) is 1. The zero-order valence-corrected chi connectivity index (χ0v) is 13.4. The molecular formula is C17H25F3O. The summed E-state index contributed by atoms with van der Waals surface area (Å²) >= 11 is 0. The molecule has 1 nitrogen and oxygen atoms in total. The van der Waals surface area contributed by atoms with Gasteiger partial charge in [-0.1, -0.05) is 45.9 Å². The predicted octanol–water partition coefficient (Wildman–Crippen LogP) is 4.85. The van der Waals surface area contributed by atoms with Crippen molar-refractivity contribution in [1.82, 2.24) is 0 Å². The maximum Gasteiger partial charge on any atom is 0.421 e. The minimum Gasteiger partial charge on any atom is -0.376 e. The Labute approximate surface area is 125 Å². The van der Waals surface area contributed by atoms with E-state index in [1.165, 1.54) is 0 Å². The molecule has 0 aliphatic heterocycles. The van der Waals surface area contributed by atoms with E-state index in [9.17, 15) is 18.3 Å². The van der Waals surface area contributed by atoms with Crippen LogP contribution in [0.15, 0.2) is 18.2 Å². The van der Waals surface area contributed by atoms with Crippen LogP contribution in [0.3, 0.4) is 0 Å². The largest absolute Gasteiger partial charge is 0.421 e. The molecule has 0 saturated carbocycles. The van der Waals surface area contributed by atoms with Gasteiger partial charge in [0.1, 0.15) is 0 Å². The Hall–Kier alpha value is -1.03. The fraction of sp³-hybridized carbons (Fsp3) is 0.647.